The van der Waals surface area contributed by atoms with Gasteiger partial charge in [-0.2, -0.15) is 0 Å². The van der Waals surface area contributed by atoms with Crippen LogP contribution in [0.2, 0.25) is 0 Å². The maximum Gasteiger partial charge on any atom is 0.175 e. The minimum Gasteiger partial charge on any atom is -0.314 e. The van der Waals surface area contributed by atoms with E-state index in [0.717, 1.165) is 31.7 Å². The Labute approximate surface area is 135 Å². The van der Waals surface area contributed by atoms with Crippen molar-refractivity contribution in [1.29, 1.82) is 0 Å². The fourth-order valence-electron chi connectivity index (χ4n) is 2.84. The molecule has 1 saturated heterocycles. The topological polar surface area (TPSA) is 49.4 Å². The van der Waals surface area contributed by atoms with Gasteiger partial charge in [-0.25, -0.2) is 8.42 Å². The molecule has 0 bridgehead atoms. The van der Waals surface area contributed by atoms with Crippen molar-refractivity contribution in [2.45, 2.75) is 10.9 Å². The third-order valence-electron chi connectivity index (χ3n) is 3.95. The van der Waals surface area contributed by atoms with Crippen LogP contribution in [0.1, 0.15) is 16.5 Å². The van der Waals surface area contributed by atoms with Crippen molar-refractivity contribution >= 4 is 21.2 Å². The van der Waals surface area contributed by atoms with Gasteiger partial charge in [0.05, 0.1) is 10.9 Å². The second-order valence-electron chi connectivity index (χ2n) is 5.55. The molecule has 1 aliphatic heterocycles. The first kappa shape index (κ1) is 15.7. The Morgan fingerprint density at radius 2 is 1.82 bits per heavy atom. The third-order valence-corrected chi connectivity index (χ3v) is 6.01. The summed E-state index contributed by atoms with van der Waals surface area (Å²) in [4.78, 5) is 4.13. The Morgan fingerprint density at radius 1 is 1.14 bits per heavy atom. The molecule has 1 aromatic heterocycles. The summed E-state index contributed by atoms with van der Waals surface area (Å²) in [6.45, 7) is 3.97. The van der Waals surface area contributed by atoms with Crippen molar-refractivity contribution in [1.82, 2.24) is 10.2 Å². The lowest BCUT2D eigenvalue weighted by molar-refractivity contribution is 0.200. The molecule has 4 nitrogen and oxygen atoms in total. The van der Waals surface area contributed by atoms with Gasteiger partial charge < -0.3 is 5.32 Å². The van der Waals surface area contributed by atoms with Crippen LogP contribution in [0, 0.1) is 0 Å². The number of nitrogens with zero attached hydrogens (tertiary/aromatic N) is 1. The second kappa shape index (κ2) is 6.50. The summed E-state index contributed by atoms with van der Waals surface area (Å²) in [5.74, 6) is 0. The van der Waals surface area contributed by atoms with Crippen molar-refractivity contribution in [2.24, 2.45) is 0 Å². The highest BCUT2D eigenvalue weighted by molar-refractivity contribution is 7.90. The highest BCUT2D eigenvalue weighted by Gasteiger charge is 2.24. The molecule has 2 aromatic rings. The van der Waals surface area contributed by atoms with Gasteiger partial charge in [0.15, 0.2) is 9.84 Å². The van der Waals surface area contributed by atoms with Gasteiger partial charge in [-0.05, 0) is 29.1 Å². The van der Waals surface area contributed by atoms with Gasteiger partial charge in [0.1, 0.15) is 0 Å². The fourth-order valence-corrected chi connectivity index (χ4v) is 4.36. The molecule has 2 heterocycles. The van der Waals surface area contributed by atoms with Gasteiger partial charge in [-0.3, -0.25) is 4.90 Å². The lowest BCUT2D eigenvalue weighted by atomic mass is 10.0. The summed E-state index contributed by atoms with van der Waals surface area (Å²) in [6, 6.07) is 11.8. The van der Waals surface area contributed by atoms with E-state index in [1.54, 1.807) is 23.5 Å². The Balaban J connectivity index is 1.95. The second-order valence-corrected chi connectivity index (χ2v) is 8.54. The average molecular weight is 336 g/mol. The molecule has 1 fully saturated rings. The monoisotopic (exact) mass is 336 g/mol. The zero-order valence-electron chi connectivity index (χ0n) is 12.5. The molecule has 0 radical (unpaired) electrons. The van der Waals surface area contributed by atoms with Crippen LogP contribution in [0.3, 0.4) is 0 Å². The minimum atomic E-state index is -3.14. The first-order valence-electron chi connectivity index (χ1n) is 7.34. The quantitative estimate of drug-likeness (QED) is 0.929. The van der Waals surface area contributed by atoms with Crippen LogP contribution in [0.15, 0.2) is 46.7 Å². The largest absolute Gasteiger partial charge is 0.314 e. The number of hydrogen-bond acceptors (Lipinski definition) is 5. The van der Waals surface area contributed by atoms with E-state index in [4.69, 9.17) is 0 Å². The van der Waals surface area contributed by atoms with Crippen LogP contribution in [0.25, 0.3) is 0 Å². The number of hydrogen-bond donors (Lipinski definition) is 1. The summed E-state index contributed by atoms with van der Waals surface area (Å²) in [6.07, 6.45) is 1.25. The van der Waals surface area contributed by atoms with Crippen LogP contribution >= 0.6 is 11.3 Å². The van der Waals surface area contributed by atoms with Gasteiger partial charge in [0.2, 0.25) is 0 Å². The maximum absolute atomic E-state index is 11.6. The highest BCUT2D eigenvalue weighted by atomic mass is 32.2. The molecule has 6 heteroatoms. The molecule has 0 saturated carbocycles. The highest BCUT2D eigenvalue weighted by Crippen LogP contribution is 2.32. The molecule has 22 heavy (non-hydrogen) atoms. The Morgan fingerprint density at radius 3 is 2.36 bits per heavy atom. The predicted octanol–water partition coefficient (Wildman–Crippen LogP) is 2.15. The zero-order chi connectivity index (χ0) is 15.6. The van der Waals surface area contributed by atoms with Crippen molar-refractivity contribution in [3.05, 3.63) is 52.2 Å². The van der Waals surface area contributed by atoms with Crippen LogP contribution in [-0.2, 0) is 9.84 Å². The van der Waals surface area contributed by atoms with Crippen molar-refractivity contribution < 1.29 is 8.42 Å². The molecule has 0 amide bonds. The molecular formula is C16H20N2O2S2. The minimum absolute atomic E-state index is 0.204. The maximum atomic E-state index is 11.6. The van der Waals surface area contributed by atoms with E-state index in [2.05, 4.69) is 27.7 Å². The number of nitrogens with one attached hydrogen (secondary N) is 1. The average Bonchev–Trinajstić information content (AvgIpc) is 3.02. The Kier molecular flexibility index (Phi) is 4.63. The van der Waals surface area contributed by atoms with E-state index in [9.17, 15) is 8.42 Å². The number of benzene rings is 1. The number of piperazine rings is 1. The summed E-state index contributed by atoms with van der Waals surface area (Å²) in [5.41, 5.74) is 1.15. The molecule has 1 N–H and O–H groups in total. The first-order chi connectivity index (χ1) is 10.6. The molecule has 1 atom stereocenters. The van der Waals surface area contributed by atoms with Crippen LogP contribution in [0.5, 0.6) is 0 Å². The number of thiophene rings is 1. The van der Waals surface area contributed by atoms with E-state index in [0.29, 0.717) is 4.90 Å². The molecule has 0 aliphatic carbocycles. The van der Waals surface area contributed by atoms with Gasteiger partial charge >= 0.3 is 0 Å². The molecule has 0 unspecified atom stereocenters. The molecule has 1 aliphatic rings. The van der Waals surface area contributed by atoms with Gasteiger partial charge in [0.25, 0.3) is 0 Å². The number of rotatable bonds is 4. The standard InChI is InChI=1S/C16H20N2O2S2/c1-22(19,20)14-6-4-13(5-7-14)16(15-3-2-12-21-15)18-10-8-17-9-11-18/h2-7,12,16-17H,8-11H2,1H3/t16-/m1/s1. The Hall–Kier alpha value is -1.21. The van der Waals surface area contributed by atoms with Crippen LogP contribution in [0.4, 0.5) is 0 Å². The summed E-state index contributed by atoms with van der Waals surface area (Å²) < 4.78 is 23.3. The van der Waals surface area contributed by atoms with Gasteiger partial charge in [0, 0.05) is 37.3 Å². The SMILES string of the molecule is CS(=O)(=O)c1ccc([C@H](c2cccs2)N2CCNCC2)cc1. The fraction of sp³-hybridized carbons (Fsp3) is 0.375. The van der Waals surface area contributed by atoms with E-state index >= 15 is 0 Å². The smallest absolute Gasteiger partial charge is 0.175 e. The predicted molar refractivity (Wildman–Crippen MR) is 90.2 cm³/mol. The molecule has 1 aromatic carbocycles. The third kappa shape index (κ3) is 3.41. The molecule has 0 spiro atoms. The zero-order valence-corrected chi connectivity index (χ0v) is 14.2. The first-order valence-corrected chi connectivity index (χ1v) is 10.1. The van der Waals surface area contributed by atoms with Gasteiger partial charge in [-0.1, -0.05) is 18.2 Å². The van der Waals surface area contributed by atoms with E-state index < -0.39 is 9.84 Å². The summed E-state index contributed by atoms with van der Waals surface area (Å²) in [7, 11) is -3.14. The lowest BCUT2D eigenvalue weighted by Crippen LogP contribution is -2.45. The van der Waals surface area contributed by atoms with Gasteiger partial charge in [-0.15, -0.1) is 11.3 Å². The molecule has 3 rings (SSSR count). The summed E-state index contributed by atoms with van der Waals surface area (Å²) in [5, 5.41) is 5.47. The van der Waals surface area contributed by atoms with E-state index in [-0.39, 0.29) is 6.04 Å². The lowest BCUT2D eigenvalue weighted by Gasteiger charge is -2.34. The van der Waals surface area contributed by atoms with Crippen molar-refractivity contribution in [3.63, 3.8) is 0 Å². The summed E-state index contributed by atoms with van der Waals surface area (Å²) >= 11 is 1.75. The van der Waals surface area contributed by atoms with E-state index in [1.165, 1.54) is 11.1 Å². The Bertz CT molecular complexity index is 703. The van der Waals surface area contributed by atoms with Crippen molar-refractivity contribution in [3.8, 4) is 0 Å². The normalized spacial score (nSPS) is 18.2. The molecule has 118 valence electrons. The van der Waals surface area contributed by atoms with Crippen LogP contribution < -0.4 is 5.32 Å². The van der Waals surface area contributed by atoms with Crippen LogP contribution in [-0.4, -0.2) is 45.8 Å². The van der Waals surface area contributed by atoms with E-state index in [1.807, 2.05) is 12.1 Å². The molecular weight excluding hydrogens is 316 g/mol. The number of sulfone groups is 1. The van der Waals surface area contributed by atoms with Crippen molar-refractivity contribution in [2.75, 3.05) is 32.4 Å².